The van der Waals surface area contributed by atoms with Gasteiger partial charge in [-0.15, -0.1) is 0 Å². The summed E-state index contributed by atoms with van der Waals surface area (Å²) in [5.41, 5.74) is 0. The number of amides is 1. The third-order valence-electron chi connectivity index (χ3n) is 4.27. The molecule has 0 spiro atoms. The van der Waals surface area contributed by atoms with E-state index in [1.165, 1.54) is 11.8 Å². The lowest BCUT2D eigenvalue weighted by atomic mass is 9.93. The molecule has 6 heteroatoms. The average Bonchev–Trinajstić information content (AvgIpc) is 2.46. The summed E-state index contributed by atoms with van der Waals surface area (Å²) in [4.78, 5) is 15.4. The first-order valence-electron chi connectivity index (χ1n) is 7.14. The van der Waals surface area contributed by atoms with Crippen LogP contribution in [-0.4, -0.2) is 54.1 Å². The number of rotatable bonds is 2. The molecule has 1 amide bonds. The molecule has 0 aromatic rings. The summed E-state index contributed by atoms with van der Waals surface area (Å²) in [7, 11) is 0. The molecule has 0 aromatic heterocycles. The molecule has 114 valence electrons. The molecule has 2 unspecified atom stereocenters. The molecule has 0 bridgehead atoms. The fourth-order valence-corrected chi connectivity index (χ4v) is 2.81. The lowest BCUT2D eigenvalue weighted by Gasteiger charge is -2.39. The van der Waals surface area contributed by atoms with Gasteiger partial charge in [-0.3, -0.25) is 9.69 Å². The number of hydrogen-bond acceptors (Lipinski definition) is 2. The van der Waals surface area contributed by atoms with Gasteiger partial charge in [0.25, 0.3) is 0 Å². The summed E-state index contributed by atoms with van der Waals surface area (Å²) in [5.74, 6) is 0.125. The van der Waals surface area contributed by atoms with Gasteiger partial charge in [0.2, 0.25) is 5.91 Å². The fraction of sp³-hybridized carbons (Fsp3) is 0.786. The minimum Gasteiger partial charge on any atom is -0.340 e. The maximum atomic E-state index is 12.7. The number of alkyl halides is 3. The highest BCUT2D eigenvalue weighted by Gasteiger charge is 2.41. The highest BCUT2D eigenvalue weighted by molar-refractivity contribution is 5.79. The Morgan fingerprint density at radius 3 is 2.35 bits per heavy atom. The Morgan fingerprint density at radius 2 is 1.85 bits per heavy atom. The summed E-state index contributed by atoms with van der Waals surface area (Å²) in [6.45, 7) is 2.59. The summed E-state index contributed by atoms with van der Waals surface area (Å²) in [5, 5.41) is 0. The van der Waals surface area contributed by atoms with Crippen LogP contribution in [0.2, 0.25) is 0 Å². The van der Waals surface area contributed by atoms with Gasteiger partial charge in [0.15, 0.2) is 0 Å². The van der Waals surface area contributed by atoms with E-state index in [4.69, 9.17) is 0 Å². The van der Waals surface area contributed by atoms with E-state index in [0.29, 0.717) is 26.2 Å². The lowest BCUT2D eigenvalue weighted by Crippen LogP contribution is -2.55. The van der Waals surface area contributed by atoms with Gasteiger partial charge in [-0.25, -0.2) is 0 Å². The zero-order valence-electron chi connectivity index (χ0n) is 11.7. The predicted octanol–water partition coefficient (Wildman–Crippen LogP) is 2.44. The Kier molecular flexibility index (Phi) is 4.73. The number of halogens is 3. The van der Waals surface area contributed by atoms with Crippen molar-refractivity contribution in [3.05, 3.63) is 12.2 Å². The first-order chi connectivity index (χ1) is 9.39. The van der Waals surface area contributed by atoms with Gasteiger partial charge in [-0.1, -0.05) is 12.2 Å². The quantitative estimate of drug-likeness (QED) is 0.729. The molecular weight excluding hydrogens is 269 g/mol. The molecule has 2 atom stereocenters. The summed E-state index contributed by atoms with van der Waals surface area (Å²) in [6, 6.07) is -1.43. The average molecular weight is 290 g/mol. The molecule has 1 heterocycles. The number of allylic oxidation sites excluding steroid dienone is 2. The summed E-state index contributed by atoms with van der Waals surface area (Å²) >= 11 is 0. The molecule has 3 nitrogen and oxygen atoms in total. The largest absolute Gasteiger partial charge is 0.403 e. The SMILES string of the molecule is CC(N1CCN(C(=O)C2CC=CCC2)CC1)C(F)(F)F. The fourth-order valence-electron chi connectivity index (χ4n) is 2.81. The van der Waals surface area contributed by atoms with E-state index in [0.717, 1.165) is 19.3 Å². The Labute approximate surface area is 117 Å². The number of piperazine rings is 1. The summed E-state index contributed by atoms with van der Waals surface area (Å²) in [6.07, 6.45) is 2.44. The van der Waals surface area contributed by atoms with Crippen molar-refractivity contribution in [2.75, 3.05) is 26.2 Å². The maximum absolute atomic E-state index is 12.7. The molecular formula is C14H21F3N2O. The predicted molar refractivity (Wildman–Crippen MR) is 70.2 cm³/mol. The second-order valence-electron chi connectivity index (χ2n) is 5.56. The topological polar surface area (TPSA) is 23.6 Å². The Balaban J connectivity index is 1.85. The van der Waals surface area contributed by atoms with Crippen LogP contribution in [0.3, 0.4) is 0 Å². The first-order valence-corrected chi connectivity index (χ1v) is 7.14. The van der Waals surface area contributed by atoms with Gasteiger partial charge in [-0.05, 0) is 26.2 Å². The van der Waals surface area contributed by atoms with E-state index < -0.39 is 12.2 Å². The number of nitrogens with zero attached hydrogens (tertiary/aromatic N) is 2. The van der Waals surface area contributed by atoms with E-state index >= 15 is 0 Å². The number of carbonyl (C=O) groups excluding carboxylic acids is 1. The van der Waals surface area contributed by atoms with Crippen LogP contribution in [0.4, 0.5) is 13.2 Å². The van der Waals surface area contributed by atoms with Gasteiger partial charge in [0.05, 0.1) is 0 Å². The Bertz CT molecular complexity index is 373. The van der Waals surface area contributed by atoms with Gasteiger partial charge in [0, 0.05) is 32.1 Å². The van der Waals surface area contributed by atoms with Crippen molar-refractivity contribution in [1.29, 1.82) is 0 Å². The molecule has 0 saturated carbocycles. The zero-order valence-corrected chi connectivity index (χ0v) is 11.7. The van der Waals surface area contributed by atoms with Crippen molar-refractivity contribution < 1.29 is 18.0 Å². The molecule has 1 aliphatic heterocycles. The Morgan fingerprint density at radius 1 is 1.20 bits per heavy atom. The summed E-state index contributed by atoms with van der Waals surface area (Å²) < 4.78 is 38.0. The molecule has 2 aliphatic rings. The van der Waals surface area contributed by atoms with Crippen molar-refractivity contribution in [3.8, 4) is 0 Å². The lowest BCUT2D eigenvalue weighted by molar-refractivity contribution is -0.183. The van der Waals surface area contributed by atoms with Crippen molar-refractivity contribution in [1.82, 2.24) is 9.80 Å². The molecule has 0 N–H and O–H groups in total. The molecule has 0 aromatic carbocycles. The van der Waals surface area contributed by atoms with Gasteiger partial charge in [0.1, 0.15) is 6.04 Å². The Hall–Kier alpha value is -1.04. The van der Waals surface area contributed by atoms with Crippen LogP contribution in [0.15, 0.2) is 12.2 Å². The van der Waals surface area contributed by atoms with Gasteiger partial charge >= 0.3 is 6.18 Å². The van der Waals surface area contributed by atoms with E-state index in [1.807, 2.05) is 6.08 Å². The smallest absolute Gasteiger partial charge is 0.340 e. The van der Waals surface area contributed by atoms with Crippen molar-refractivity contribution in [2.24, 2.45) is 5.92 Å². The van der Waals surface area contributed by atoms with Crippen LogP contribution in [-0.2, 0) is 4.79 Å². The van der Waals surface area contributed by atoms with E-state index in [1.54, 1.807) is 4.90 Å². The second kappa shape index (κ2) is 6.16. The van der Waals surface area contributed by atoms with Gasteiger partial charge < -0.3 is 4.90 Å². The molecule has 20 heavy (non-hydrogen) atoms. The van der Waals surface area contributed by atoms with Crippen LogP contribution in [0.5, 0.6) is 0 Å². The maximum Gasteiger partial charge on any atom is 0.403 e. The first kappa shape index (κ1) is 15.4. The zero-order chi connectivity index (χ0) is 14.8. The number of carbonyl (C=O) groups is 1. The van der Waals surface area contributed by atoms with Crippen molar-refractivity contribution in [3.63, 3.8) is 0 Å². The normalized spacial score (nSPS) is 26.6. The monoisotopic (exact) mass is 290 g/mol. The third-order valence-corrected chi connectivity index (χ3v) is 4.27. The van der Waals surface area contributed by atoms with Crippen molar-refractivity contribution >= 4 is 5.91 Å². The minimum absolute atomic E-state index is 0.0200. The van der Waals surface area contributed by atoms with E-state index in [2.05, 4.69) is 6.08 Å². The molecule has 0 radical (unpaired) electrons. The highest BCUT2D eigenvalue weighted by Crippen LogP contribution is 2.26. The minimum atomic E-state index is -4.19. The highest BCUT2D eigenvalue weighted by atomic mass is 19.4. The van der Waals surface area contributed by atoms with Crippen LogP contribution in [0.1, 0.15) is 26.2 Å². The third kappa shape index (κ3) is 3.53. The van der Waals surface area contributed by atoms with Crippen molar-refractivity contribution in [2.45, 2.75) is 38.4 Å². The van der Waals surface area contributed by atoms with Gasteiger partial charge in [-0.2, -0.15) is 13.2 Å². The second-order valence-corrected chi connectivity index (χ2v) is 5.56. The molecule has 1 saturated heterocycles. The van der Waals surface area contributed by atoms with E-state index in [-0.39, 0.29) is 11.8 Å². The van der Waals surface area contributed by atoms with Crippen LogP contribution < -0.4 is 0 Å². The van der Waals surface area contributed by atoms with E-state index in [9.17, 15) is 18.0 Å². The standard InChI is InChI=1S/C14H21F3N2O/c1-11(14(15,16)17)18-7-9-19(10-8-18)13(20)12-5-3-2-4-6-12/h2-3,11-12H,4-10H2,1H3. The molecule has 1 aliphatic carbocycles. The van der Waals surface area contributed by atoms with Crippen LogP contribution in [0, 0.1) is 5.92 Å². The molecule has 2 rings (SSSR count). The number of hydrogen-bond donors (Lipinski definition) is 0. The van der Waals surface area contributed by atoms with Crippen LogP contribution in [0.25, 0.3) is 0 Å². The molecule has 1 fully saturated rings. The van der Waals surface area contributed by atoms with Crippen LogP contribution >= 0.6 is 0 Å².